The van der Waals surface area contributed by atoms with E-state index in [4.69, 9.17) is 33.6 Å². The number of fused-ring (bicyclic) bond motifs is 2. The first kappa shape index (κ1) is 31.6. The molecule has 2 aromatic carbocycles. The Labute approximate surface area is 274 Å². The van der Waals surface area contributed by atoms with Crippen LogP contribution in [0, 0.1) is 3.83 Å². The first-order valence-corrected chi connectivity index (χ1v) is 19.2. The number of aromatic nitrogens is 4. The van der Waals surface area contributed by atoms with Crippen molar-refractivity contribution in [2.24, 2.45) is 0 Å². The second-order valence-corrected chi connectivity index (χ2v) is 19.4. The molecule has 0 unspecified atom stereocenters. The molecular weight excluding hydrogens is 685 g/mol. The molecule has 6 rings (SSSR count). The molecule has 44 heavy (non-hydrogen) atoms. The maximum Gasteiger partial charge on any atom is 0.194 e. The maximum atomic E-state index is 6.66. The molecule has 4 heterocycles. The molecule has 4 atom stereocenters. The van der Waals surface area contributed by atoms with E-state index in [0.717, 1.165) is 0 Å². The van der Waals surface area contributed by atoms with Gasteiger partial charge in [-0.1, -0.05) is 81.4 Å². The molecule has 0 saturated carbocycles. The van der Waals surface area contributed by atoms with Crippen LogP contribution in [-0.2, 0) is 18.6 Å². The van der Waals surface area contributed by atoms with Crippen LogP contribution in [0.2, 0.25) is 18.1 Å². The number of nitrogens with zero attached hydrogens (tertiary/aromatic N) is 4. The van der Waals surface area contributed by atoms with Crippen molar-refractivity contribution in [1.29, 1.82) is 0 Å². The van der Waals surface area contributed by atoms with Crippen molar-refractivity contribution in [3.63, 3.8) is 0 Å². The molecule has 11 heteroatoms. The smallest absolute Gasteiger partial charge is 0.194 e. The SMILES string of the molecule is CC1(C)O[C@H]2[C@H](O1)[C@@H](CO[Si](C)(C)C(C)(C)C)O[C@H]2n1cnc2c(NCC(c3ccccc3)c3ccccc3)nc(I)nc21. The Morgan fingerprint density at radius 3 is 2.20 bits per heavy atom. The van der Waals surface area contributed by atoms with Gasteiger partial charge in [-0.3, -0.25) is 4.57 Å². The van der Waals surface area contributed by atoms with E-state index in [9.17, 15) is 0 Å². The van der Waals surface area contributed by atoms with Crippen molar-refractivity contribution in [3.05, 3.63) is 81.9 Å². The number of hydrogen-bond donors (Lipinski definition) is 1. The van der Waals surface area contributed by atoms with Gasteiger partial charge in [-0.25, -0.2) is 15.0 Å². The van der Waals surface area contributed by atoms with Crippen LogP contribution in [-0.4, -0.2) is 65.1 Å². The predicted molar refractivity (Wildman–Crippen MR) is 182 cm³/mol. The van der Waals surface area contributed by atoms with E-state index in [1.54, 1.807) is 6.33 Å². The van der Waals surface area contributed by atoms with E-state index in [0.29, 0.717) is 34.0 Å². The van der Waals surface area contributed by atoms with Crippen LogP contribution in [0.5, 0.6) is 0 Å². The van der Waals surface area contributed by atoms with Crippen molar-refractivity contribution in [3.8, 4) is 0 Å². The summed E-state index contributed by atoms with van der Waals surface area (Å²) in [4.78, 5) is 14.4. The van der Waals surface area contributed by atoms with Gasteiger partial charge in [0.15, 0.2) is 41.1 Å². The molecule has 0 radical (unpaired) electrons. The van der Waals surface area contributed by atoms with E-state index in [1.165, 1.54) is 11.1 Å². The number of hydrogen-bond acceptors (Lipinski definition) is 8. The van der Waals surface area contributed by atoms with Gasteiger partial charge in [0.05, 0.1) is 12.9 Å². The topological polar surface area (TPSA) is 92.5 Å². The number of imidazole rings is 1. The van der Waals surface area contributed by atoms with Crippen molar-refractivity contribution in [2.45, 2.75) is 89.0 Å². The largest absolute Gasteiger partial charge is 0.414 e. The molecule has 0 amide bonds. The fraction of sp³-hybridized carbons (Fsp3) is 0.485. The van der Waals surface area contributed by atoms with Gasteiger partial charge in [-0.05, 0) is 43.1 Å². The molecule has 2 saturated heterocycles. The van der Waals surface area contributed by atoms with Crippen molar-refractivity contribution < 1.29 is 18.6 Å². The summed E-state index contributed by atoms with van der Waals surface area (Å²) in [6.45, 7) is 16.2. The molecular formula is C33H42IN5O4Si. The van der Waals surface area contributed by atoms with E-state index < -0.39 is 20.3 Å². The first-order chi connectivity index (χ1) is 20.8. The summed E-state index contributed by atoms with van der Waals surface area (Å²) >= 11 is 2.17. The third-order valence-corrected chi connectivity index (χ3v) is 14.1. The van der Waals surface area contributed by atoms with Crippen molar-refractivity contribution in [2.75, 3.05) is 18.5 Å². The lowest BCUT2D eigenvalue weighted by Crippen LogP contribution is -2.44. The van der Waals surface area contributed by atoms with Gasteiger partial charge in [-0.2, -0.15) is 0 Å². The summed E-state index contributed by atoms with van der Waals surface area (Å²) in [6, 6.07) is 21.1. The Kier molecular flexibility index (Phi) is 8.65. The molecule has 1 N–H and O–H groups in total. The molecule has 2 aromatic heterocycles. The average Bonchev–Trinajstić information content (AvgIpc) is 3.63. The highest BCUT2D eigenvalue weighted by Crippen LogP contribution is 2.45. The lowest BCUT2D eigenvalue weighted by molar-refractivity contribution is -0.199. The van der Waals surface area contributed by atoms with E-state index in [1.807, 2.05) is 30.5 Å². The normalized spacial score (nSPS) is 23.4. The molecule has 0 spiro atoms. The fourth-order valence-corrected chi connectivity index (χ4v) is 7.20. The number of nitrogens with one attached hydrogen (secondary N) is 1. The standard InChI is InChI=1S/C33H42IN5O4Si/c1-32(2,3)44(6,7)40-19-24-26-27(43-33(4,5)42-26)30(41-24)39-20-36-25-28(37-31(34)38-29(25)39)35-18-23(21-14-10-8-11-15-21)22-16-12-9-13-17-22/h8-17,20,23-24,26-27,30H,18-19H2,1-7H3,(H,35,37,38)/t24-,26-,27+,30-/m1/s1. The number of halogens is 1. The lowest BCUT2D eigenvalue weighted by Gasteiger charge is -2.37. The monoisotopic (exact) mass is 727 g/mol. The van der Waals surface area contributed by atoms with Crippen LogP contribution in [0.1, 0.15) is 57.9 Å². The molecule has 2 aliphatic rings. The zero-order valence-electron chi connectivity index (χ0n) is 26.5. The minimum Gasteiger partial charge on any atom is -0.414 e. The Morgan fingerprint density at radius 1 is 0.977 bits per heavy atom. The summed E-state index contributed by atoms with van der Waals surface area (Å²) in [5, 5.41) is 3.70. The van der Waals surface area contributed by atoms with Crippen LogP contribution < -0.4 is 5.32 Å². The molecule has 4 aromatic rings. The lowest BCUT2D eigenvalue weighted by atomic mass is 9.91. The van der Waals surface area contributed by atoms with Gasteiger partial charge in [0.2, 0.25) is 0 Å². The molecule has 0 aliphatic carbocycles. The third kappa shape index (κ3) is 6.31. The summed E-state index contributed by atoms with van der Waals surface area (Å²) in [5.41, 5.74) is 3.83. The first-order valence-electron chi connectivity index (χ1n) is 15.2. The van der Waals surface area contributed by atoms with Crippen molar-refractivity contribution in [1.82, 2.24) is 19.5 Å². The van der Waals surface area contributed by atoms with Crippen LogP contribution in [0.25, 0.3) is 11.2 Å². The number of anilines is 1. The number of rotatable bonds is 9. The highest BCUT2D eigenvalue weighted by Gasteiger charge is 2.56. The Balaban J connectivity index is 1.28. The Hall–Kier alpha value is -2.42. The van der Waals surface area contributed by atoms with Crippen LogP contribution in [0.4, 0.5) is 5.82 Å². The predicted octanol–water partition coefficient (Wildman–Crippen LogP) is 7.11. The van der Waals surface area contributed by atoms with Gasteiger partial charge in [0.25, 0.3) is 0 Å². The Bertz CT molecular complexity index is 1560. The van der Waals surface area contributed by atoms with Gasteiger partial charge >= 0.3 is 0 Å². The zero-order valence-corrected chi connectivity index (χ0v) is 29.6. The summed E-state index contributed by atoms with van der Waals surface area (Å²) in [5.74, 6) is 0.0866. The summed E-state index contributed by atoms with van der Waals surface area (Å²) < 4.78 is 28.6. The van der Waals surface area contributed by atoms with Gasteiger partial charge in [-0.15, -0.1) is 0 Å². The number of ether oxygens (including phenoxy) is 3. The molecule has 0 bridgehead atoms. The molecule has 2 fully saturated rings. The second kappa shape index (κ2) is 12.1. The quantitative estimate of drug-likeness (QED) is 0.111. The van der Waals surface area contributed by atoms with E-state index >= 15 is 0 Å². The van der Waals surface area contributed by atoms with Crippen LogP contribution in [0.3, 0.4) is 0 Å². The summed E-state index contributed by atoms with van der Waals surface area (Å²) in [6.07, 6.45) is 0.419. The highest BCUT2D eigenvalue weighted by molar-refractivity contribution is 14.1. The Morgan fingerprint density at radius 2 is 1.59 bits per heavy atom. The van der Waals surface area contributed by atoms with Crippen molar-refractivity contribution >= 4 is 47.9 Å². The zero-order chi connectivity index (χ0) is 31.3. The fourth-order valence-electron chi connectivity index (χ4n) is 5.72. The van der Waals surface area contributed by atoms with Gasteiger partial charge in [0.1, 0.15) is 18.3 Å². The summed E-state index contributed by atoms with van der Waals surface area (Å²) in [7, 11) is -1.99. The van der Waals surface area contributed by atoms with E-state index in [2.05, 4.69) is 110 Å². The minimum atomic E-state index is -1.99. The van der Waals surface area contributed by atoms with Crippen LogP contribution >= 0.6 is 22.6 Å². The highest BCUT2D eigenvalue weighted by atomic mass is 127. The molecule has 234 valence electrons. The minimum absolute atomic E-state index is 0.0916. The molecule has 2 aliphatic heterocycles. The second-order valence-electron chi connectivity index (χ2n) is 13.6. The molecule has 9 nitrogen and oxygen atoms in total. The van der Waals surface area contributed by atoms with E-state index in [-0.39, 0.29) is 29.3 Å². The maximum absolute atomic E-state index is 6.66. The number of benzene rings is 2. The third-order valence-electron chi connectivity index (χ3n) is 9.09. The van der Waals surface area contributed by atoms with Gasteiger partial charge in [0, 0.05) is 35.1 Å². The average molecular weight is 728 g/mol. The van der Waals surface area contributed by atoms with Gasteiger partial charge < -0.3 is 24.0 Å². The van der Waals surface area contributed by atoms with Crippen LogP contribution in [0.15, 0.2) is 67.0 Å².